The molecule has 2 rings (SSSR count). The molecule has 0 aromatic carbocycles. The van der Waals surface area contributed by atoms with Gasteiger partial charge in [0.1, 0.15) is 5.70 Å². The Balaban J connectivity index is 2.39. The van der Waals surface area contributed by atoms with Gasteiger partial charge in [-0.05, 0) is 13.3 Å². The summed E-state index contributed by atoms with van der Waals surface area (Å²) in [5.41, 5.74) is 1.81. The molecular formula is C12H17N3O6. The molecule has 0 bridgehead atoms. The lowest BCUT2D eigenvalue weighted by molar-refractivity contribution is -0.161. The summed E-state index contributed by atoms with van der Waals surface area (Å²) < 4.78 is 5.01. The minimum Gasteiger partial charge on any atom is -0.477 e. The van der Waals surface area contributed by atoms with E-state index in [9.17, 15) is 24.6 Å². The average molecular weight is 299 g/mol. The summed E-state index contributed by atoms with van der Waals surface area (Å²) in [7, 11) is 1.25. The number of nitrogens with zero attached hydrogens (tertiary/aromatic N) is 1. The lowest BCUT2D eigenvalue weighted by Gasteiger charge is -2.44. The number of carbonyl (C=O) groups is 3. The van der Waals surface area contributed by atoms with Crippen LogP contribution in [-0.2, 0) is 19.1 Å². The second-order valence-electron chi connectivity index (χ2n) is 5.05. The van der Waals surface area contributed by atoms with Crippen LogP contribution in [0.4, 0.5) is 0 Å². The van der Waals surface area contributed by atoms with Gasteiger partial charge in [0.2, 0.25) is 5.91 Å². The van der Waals surface area contributed by atoms with Crippen molar-refractivity contribution in [1.82, 2.24) is 10.3 Å². The number of carboxylic acids is 1. The number of carbonyl (C=O) groups excluding carboxylic acids is 2. The first kappa shape index (κ1) is 15.4. The Morgan fingerprint density at radius 3 is 2.57 bits per heavy atom. The fourth-order valence-electron chi connectivity index (χ4n) is 3.02. The number of hydrogen-bond acceptors (Lipinski definition) is 6. The fourth-order valence-corrected chi connectivity index (χ4v) is 3.02. The van der Waals surface area contributed by atoms with Crippen LogP contribution in [0.15, 0.2) is 11.3 Å². The number of nitrogens with one attached hydrogen (secondary N) is 1. The van der Waals surface area contributed by atoms with Gasteiger partial charge in [-0.15, -0.1) is 0 Å². The van der Waals surface area contributed by atoms with Crippen molar-refractivity contribution in [3.63, 3.8) is 0 Å². The Kier molecular flexibility index (Phi) is 3.99. The summed E-state index contributed by atoms with van der Waals surface area (Å²) >= 11 is 0. The monoisotopic (exact) mass is 299 g/mol. The average Bonchev–Trinajstić information content (AvgIpc) is 2.74. The lowest BCUT2D eigenvalue weighted by atomic mass is 9.82. The van der Waals surface area contributed by atoms with E-state index in [1.165, 1.54) is 14.0 Å². The molecule has 1 saturated heterocycles. The zero-order valence-corrected chi connectivity index (χ0v) is 11.6. The minimum atomic E-state index is -1.32. The van der Waals surface area contributed by atoms with Crippen molar-refractivity contribution >= 4 is 17.8 Å². The summed E-state index contributed by atoms with van der Waals surface area (Å²) in [4.78, 5) is 36.2. The molecule has 0 aromatic rings. The van der Waals surface area contributed by atoms with E-state index in [0.29, 0.717) is 0 Å². The molecule has 0 spiro atoms. The number of hydrazine groups is 1. The van der Waals surface area contributed by atoms with E-state index in [-0.39, 0.29) is 17.7 Å². The number of aliphatic hydroxyl groups is 1. The fraction of sp³-hybridized carbons (Fsp3) is 0.583. The summed E-state index contributed by atoms with van der Waals surface area (Å²) in [6.07, 6.45) is -1.93. The van der Waals surface area contributed by atoms with Gasteiger partial charge in [-0.25, -0.2) is 10.6 Å². The second-order valence-corrected chi connectivity index (χ2v) is 5.05. The van der Waals surface area contributed by atoms with Gasteiger partial charge in [0.25, 0.3) is 5.91 Å². The third-order valence-electron chi connectivity index (χ3n) is 3.90. The third kappa shape index (κ3) is 2.19. The molecule has 116 valence electrons. The van der Waals surface area contributed by atoms with Crippen LogP contribution in [0, 0.1) is 5.92 Å². The summed E-state index contributed by atoms with van der Waals surface area (Å²) in [6, 6.07) is -0.471. The van der Waals surface area contributed by atoms with E-state index in [1.54, 1.807) is 0 Å². The van der Waals surface area contributed by atoms with Gasteiger partial charge in [-0.3, -0.25) is 15.0 Å². The standard InChI is InChI=1S/C12H17N3O6/c1-4(16)7-6-3-5(9(21-2)10(17)14-13)8(12(19)20)15(6)11(7)18/h4,6-7,9,16H,3,13H2,1-2H3,(H,14,17)(H,19,20). The number of β-lactam (4-membered cyclic amide) rings is 1. The van der Waals surface area contributed by atoms with Gasteiger partial charge in [0, 0.05) is 12.7 Å². The first-order valence-corrected chi connectivity index (χ1v) is 6.35. The zero-order valence-electron chi connectivity index (χ0n) is 11.6. The summed E-state index contributed by atoms with van der Waals surface area (Å²) in [5.74, 6) is 1.90. The van der Waals surface area contributed by atoms with E-state index in [0.717, 1.165) is 4.90 Å². The number of methoxy groups -OCH3 is 1. The first-order valence-electron chi connectivity index (χ1n) is 6.35. The van der Waals surface area contributed by atoms with Crippen molar-refractivity contribution in [2.75, 3.05) is 7.11 Å². The van der Waals surface area contributed by atoms with Gasteiger partial charge >= 0.3 is 5.97 Å². The van der Waals surface area contributed by atoms with Crippen LogP contribution in [0.1, 0.15) is 13.3 Å². The topological polar surface area (TPSA) is 142 Å². The Morgan fingerprint density at radius 1 is 1.52 bits per heavy atom. The highest BCUT2D eigenvalue weighted by Crippen LogP contribution is 2.44. The molecule has 5 N–H and O–H groups in total. The summed E-state index contributed by atoms with van der Waals surface area (Å²) in [6.45, 7) is 1.47. The van der Waals surface area contributed by atoms with E-state index in [1.807, 2.05) is 5.43 Å². The molecule has 4 unspecified atom stereocenters. The van der Waals surface area contributed by atoms with Crippen LogP contribution in [0.2, 0.25) is 0 Å². The number of amides is 2. The van der Waals surface area contributed by atoms with Gasteiger partial charge in [0.05, 0.1) is 18.1 Å². The second kappa shape index (κ2) is 5.43. The van der Waals surface area contributed by atoms with Crippen LogP contribution >= 0.6 is 0 Å². The molecule has 0 aromatic heterocycles. The molecule has 2 heterocycles. The Hall–Kier alpha value is -1.97. The van der Waals surface area contributed by atoms with Gasteiger partial charge in [-0.2, -0.15) is 0 Å². The molecule has 0 radical (unpaired) electrons. The number of aliphatic hydroxyl groups excluding tert-OH is 1. The van der Waals surface area contributed by atoms with Crippen molar-refractivity contribution in [2.24, 2.45) is 11.8 Å². The van der Waals surface area contributed by atoms with Gasteiger partial charge < -0.3 is 19.8 Å². The smallest absolute Gasteiger partial charge is 0.352 e. The van der Waals surface area contributed by atoms with Crippen LogP contribution in [0.3, 0.4) is 0 Å². The number of hydrogen-bond donors (Lipinski definition) is 4. The molecule has 21 heavy (non-hydrogen) atoms. The molecule has 2 amide bonds. The van der Waals surface area contributed by atoms with Crippen molar-refractivity contribution in [3.05, 3.63) is 11.3 Å². The van der Waals surface area contributed by atoms with Crippen LogP contribution < -0.4 is 11.3 Å². The molecule has 4 atom stereocenters. The van der Waals surface area contributed by atoms with Crippen molar-refractivity contribution < 1.29 is 29.3 Å². The van der Waals surface area contributed by atoms with Crippen molar-refractivity contribution in [1.29, 1.82) is 0 Å². The third-order valence-corrected chi connectivity index (χ3v) is 3.90. The lowest BCUT2D eigenvalue weighted by Crippen LogP contribution is -2.61. The highest BCUT2D eigenvalue weighted by molar-refractivity contribution is 6.01. The highest BCUT2D eigenvalue weighted by Gasteiger charge is 2.58. The molecule has 0 aliphatic carbocycles. The number of nitrogens with two attached hydrogens (primary N) is 1. The maximum absolute atomic E-state index is 12.0. The number of fused-ring (bicyclic) bond motifs is 1. The van der Waals surface area contributed by atoms with Gasteiger partial charge in [0.15, 0.2) is 6.10 Å². The number of ether oxygens (including phenoxy) is 1. The van der Waals surface area contributed by atoms with Crippen LogP contribution in [0.5, 0.6) is 0 Å². The molecule has 9 nitrogen and oxygen atoms in total. The molecule has 9 heteroatoms. The summed E-state index contributed by atoms with van der Waals surface area (Å²) in [5, 5.41) is 18.9. The van der Waals surface area contributed by atoms with E-state index >= 15 is 0 Å². The van der Waals surface area contributed by atoms with E-state index in [4.69, 9.17) is 10.6 Å². The molecule has 0 saturated carbocycles. The Morgan fingerprint density at radius 2 is 2.14 bits per heavy atom. The number of aliphatic carboxylic acids is 1. The van der Waals surface area contributed by atoms with Crippen LogP contribution in [0.25, 0.3) is 0 Å². The number of rotatable bonds is 5. The predicted octanol–water partition coefficient (Wildman–Crippen LogP) is -2.06. The minimum absolute atomic E-state index is 0.148. The first-order chi connectivity index (χ1) is 9.84. The van der Waals surface area contributed by atoms with Gasteiger partial charge in [-0.1, -0.05) is 0 Å². The maximum Gasteiger partial charge on any atom is 0.352 e. The van der Waals surface area contributed by atoms with E-state index in [2.05, 4.69) is 0 Å². The van der Waals surface area contributed by atoms with Crippen molar-refractivity contribution in [2.45, 2.75) is 31.6 Å². The molecule has 1 fully saturated rings. The number of carboxylic acid groups (broad SMARTS) is 1. The zero-order chi connectivity index (χ0) is 15.9. The molecule has 2 aliphatic rings. The largest absolute Gasteiger partial charge is 0.477 e. The Labute approximate surface area is 120 Å². The SMILES string of the molecule is COC(C(=O)NN)C1=C(C(=O)O)N2C(=O)C(C(C)O)C2C1. The van der Waals surface area contributed by atoms with Crippen LogP contribution in [-0.4, -0.2) is 58.3 Å². The molecular weight excluding hydrogens is 282 g/mol. The predicted molar refractivity (Wildman–Crippen MR) is 68.2 cm³/mol. The van der Waals surface area contributed by atoms with E-state index < -0.39 is 42.0 Å². The normalized spacial score (nSPS) is 27.0. The van der Waals surface area contributed by atoms with Crippen molar-refractivity contribution in [3.8, 4) is 0 Å². The quantitative estimate of drug-likeness (QED) is 0.198. The Bertz CT molecular complexity index is 529. The highest BCUT2D eigenvalue weighted by atomic mass is 16.5. The molecule has 2 aliphatic heterocycles. The maximum atomic E-state index is 12.0.